The lowest BCUT2D eigenvalue weighted by Gasteiger charge is -2.23. The van der Waals surface area contributed by atoms with E-state index in [1.54, 1.807) is 4.90 Å². The summed E-state index contributed by atoms with van der Waals surface area (Å²) < 4.78 is 0. The van der Waals surface area contributed by atoms with Gasteiger partial charge in [-0.2, -0.15) is 0 Å². The Morgan fingerprint density at radius 3 is 2.10 bits per heavy atom. The molecule has 3 rings (SSSR count). The summed E-state index contributed by atoms with van der Waals surface area (Å²) >= 11 is 0. The second kappa shape index (κ2) is 10.4. The molecule has 0 aliphatic heterocycles. The molecule has 4 nitrogen and oxygen atoms in total. The maximum absolute atomic E-state index is 13.3. The highest BCUT2D eigenvalue weighted by Crippen LogP contribution is 2.21. The van der Waals surface area contributed by atoms with Gasteiger partial charge in [0.15, 0.2) is 0 Å². The predicted molar refractivity (Wildman–Crippen MR) is 122 cm³/mol. The summed E-state index contributed by atoms with van der Waals surface area (Å²) in [4.78, 5) is 27.0. The van der Waals surface area contributed by atoms with E-state index in [0.717, 1.165) is 23.2 Å². The topological polar surface area (TPSA) is 49.4 Å². The van der Waals surface area contributed by atoms with Crippen LogP contribution in [0.1, 0.15) is 40.4 Å². The Bertz CT molecular complexity index is 964. The first-order chi connectivity index (χ1) is 14.6. The third-order valence-electron chi connectivity index (χ3n) is 4.91. The number of rotatable bonds is 8. The molecule has 2 amide bonds. The fraction of sp³-hybridized carbons (Fsp3) is 0.231. The van der Waals surface area contributed by atoms with Gasteiger partial charge < -0.3 is 10.2 Å². The van der Waals surface area contributed by atoms with E-state index in [1.807, 2.05) is 80.6 Å². The van der Waals surface area contributed by atoms with E-state index in [0.29, 0.717) is 25.1 Å². The summed E-state index contributed by atoms with van der Waals surface area (Å²) in [7, 11) is 0. The van der Waals surface area contributed by atoms with Gasteiger partial charge >= 0.3 is 0 Å². The first-order valence-corrected chi connectivity index (χ1v) is 10.3. The van der Waals surface area contributed by atoms with Crippen molar-refractivity contribution in [2.75, 3.05) is 11.4 Å². The van der Waals surface area contributed by atoms with E-state index < -0.39 is 0 Å². The van der Waals surface area contributed by atoms with Crippen molar-refractivity contribution < 1.29 is 9.59 Å². The van der Waals surface area contributed by atoms with Crippen LogP contribution in [0.2, 0.25) is 0 Å². The van der Waals surface area contributed by atoms with Crippen LogP contribution >= 0.6 is 0 Å². The van der Waals surface area contributed by atoms with Crippen molar-refractivity contribution in [1.29, 1.82) is 0 Å². The molecule has 0 fully saturated rings. The maximum Gasteiger partial charge on any atom is 0.258 e. The van der Waals surface area contributed by atoms with Gasteiger partial charge in [-0.15, -0.1) is 0 Å². The summed E-state index contributed by atoms with van der Waals surface area (Å²) in [5.74, 6) is -0.0360. The molecule has 0 aliphatic carbocycles. The number of nitrogens with zero attached hydrogens (tertiary/aromatic N) is 1. The number of anilines is 1. The van der Waals surface area contributed by atoms with E-state index >= 15 is 0 Å². The van der Waals surface area contributed by atoms with Crippen molar-refractivity contribution >= 4 is 17.5 Å². The van der Waals surface area contributed by atoms with E-state index in [9.17, 15) is 9.59 Å². The van der Waals surface area contributed by atoms with Crippen molar-refractivity contribution in [3.8, 4) is 0 Å². The number of nitrogens with one attached hydrogen (secondary N) is 1. The molecule has 4 heteroatoms. The monoisotopic (exact) mass is 400 g/mol. The number of hydrogen-bond donors (Lipinski definition) is 1. The van der Waals surface area contributed by atoms with Crippen LogP contribution < -0.4 is 10.2 Å². The molecule has 0 unspecified atom stereocenters. The standard InChI is InChI=1S/C26H28N2O2/c1-3-17-27-25(29)18-21-13-15-24(16-14-21)28(19-22-11-9-20(2)10-12-22)26(30)23-7-5-4-6-8-23/h4-16H,3,17-19H2,1-2H3,(H,27,29). The lowest BCUT2D eigenvalue weighted by molar-refractivity contribution is -0.120. The zero-order valence-corrected chi connectivity index (χ0v) is 17.6. The van der Waals surface area contributed by atoms with Gasteiger partial charge in [-0.1, -0.05) is 67.1 Å². The zero-order valence-electron chi connectivity index (χ0n) is 17.6. The van der Waals surface area contributed by atoms with Crippen LogP contribution in [0.15, 0.2) is 78.9 Å². The van der Waals surface area contributed by atoms with Crippen LogP contribution in [0, 0.1) is 6.92 Å². The van der Waals surface area contributed by atoms with Gasteiger partial charge in [-0.3, -0.25) is 9.59 Å². The number of carbonyl (C=O) groups is 2. The van der Waals surface area contributed by atoms with E-state index in [-0.39, 0.29) is 11.8 Å². The molecule has 0 heterocycles. The van der Waals surface area contributed by atoms with Crippen LogP contribution in [0.3, 0.4) is 0 Å². The lowest BCUT2D eigenvalue weighted by atomic mass is 10.1. The van der Waals surface area contributed by atoms with Gasteiger partial charge in [0.25, 0.3) is 5.91 Å². The molecular weight excluding hydrogens is 372 g/mol. The first kappa shape index (κ1) is 21.3. The Hall–Kier alpha value is -3.40. The Morgan fingerprint density at radius 1 is 0.833 bits per heavy atom. The molecule has 0 spiro atoms. The van der Waals surface area contributed by atoms with Crippen molar-refractivity contribution in [3.05, 3.63) is 101 Å². The molecule has 30 heavy (non-hydrogen) atoms. The minimum absolute atomic E-state index is 0.0153. The Morgan fingerprint density at radius 2 is 1.47 bits per heavy atom. The van der Waals surface area contributed by atoms with Gasteiger partial charge in [0.1, 0.15) is 0 Å². The molecule has 0 radical (unpaired) electrons. The van der Waals surface area contributed by atoms with Crippen LogP contribution in [0.25, 0.3) is 0 Å². The van der Waals surface area contributed by atoms with Gasteiger partial charge in [0.05, 0.1) is 13.0 Å². The molecule has 1 N–H and O–H groups in total. The van der Waals surface area contributed by atoms with Crippen molar-refractivity contribution in [2.45, 2.75) is 33.2 Å². The highest BCUT2D eigenvalue weighted by Gasteiger charge is 2.18. The summed E-state index contributed by atoms with van der Waals surface area (Å²) in [6.07, 6.45) is 1.26. The molecule has 0 bridgehead atoms. The zero-order chi connectivity index (χ0) is 21.3. The molecular formula is C26H28N2O2. The average Bonchev–Trinajstić information content (AvgIpc) is 2.78. The number of benzene rings is 3. The summed E-state index contributed by atoms with van der Waals surface area (Å²) in [6.45, 7) is 5.24. The minimum Gasteiger partial charge on any atom is -0.356 e. The Balaban J connectivity index is 1.83. The number of aryl methyl sites for hydroxylation is 1. The second-order valence-corrected chi connectivity index (χ2v) is 7.44. The average molecular weight is 401 g/mol. The highest BCUT2D eigenvalue weighted by atomic mass is 16.2. The lowest BCUT2D eigenvalue weighted by Crippen LogP contribution is -2.30. The molecule has 3 aromatic carbocycles. The molecule has 3 aromatic rings. The van der Waals surface area contributed by atoms with E-state index in [2.05, 4.69) is 17.4 Å². The summed E-state index contributed by atoms with van der Waals surface area (Å²) in [6, 6.07) is 25.2. The maximum atomic E-state index is 13.3. The van der Waals surface area contributed by atoms with Crippen molar-refractivity contribution in [1.82, 2.24) is 5.32 Å². The van der Waals surface area contributed by atoms with Crippen LogP contribution in [0.5, 0.6) is 0 Å². The predicted octanol–water partition coefficient (Wildman–Crippen LogP) is 4.91. The van der Waals surface area contributed by atoms with Crippen molar-refractivity contribution in [2.24, 2.45) is 0 Å². The first-order valence-electron chi connectivity index (χ1n) is 10.3. The normalized spacial score (nSPS) is 10.5. The Kier molecular flexibility index (Phi) is 7.39. The van der Waals surface area contributed by atoms with Gasteiger partial charge in [0.2, 0.25) is 5.91 Å². The van der Waals surface area contributed by atoms with Crippen molar-refractivity contribution in [3.63, 3.8) is 0 Å². The number of hydrogen-bond acceptors (Lipinski definition) is 2. The van der Waals surface area contributed by atoms with Crippen LogP contribution in [-0.4, -0.2) is 18.4 Å². The molecule has 0 saturated heterocycles. The highest BCUT2D eigenvalue weighted by molar-refractivity contribution is 6.06. The van der Waals surface area contributed by atoms with Gasteiger partial charge in [-0.25, -0.2) is 0 Å². The number of amides is 2. The summed E-state index contributed by atoms with van der Waals surface area (Å²) in [5, 5.41) is 2.89. The van der Waals surface area contributed by atoms with Crippen LogP contribution in [-0.2, 0) is 17.8 Å². The molecule has 0 aliphatic rings. The second-order valence-electron chi connectivity index (χ2n) is 7.44. The van der Waals surface area contributed by atoms with E-state index in [4.69, 9.17) is 0 Å². The van der Waals surface area contributed by atoms with Gasteiger partial charge in [-0.05, 0) is 48.7 Å². The SMILES string of the molecule is CCCNC(=O)Cc1ccc(N(Cc2ccc(C)cc2)C(=O)c2ccccc2)cc1. The molecule has 0 saturated carbocycles. The van der Waals surface area contributed by atoms with E-state index in [1.165, 1.54) is 5.56 Å². The molecule has 0 aromatic heterocycles. The fourth-order valence-electron chi connectivity index (χ4n) is 3.20. The molecule has 0 atom stereocenters. The smallest absolute Gasteiger partial charge is 0.258 e. The minimum atomic E-state index is -0.0513. The molecule has 154 valence electrons. The third-order valence-corrected chi connectivity index (χ3v) is 4.91. The van der Waals surface area contributed by atoms with Crippen LogP contribution in [0.4, 0.5) is 5.69 Å². The quantitative estimate of drug-likeness (QED) is 0.584. The Labute approximate surface area is 178 Å². The van der Waals surface area contributed by atoms with Gasteiger partial charge in [0, 0.05) is 17.8 Å². The third kappa shape index (κ3) is 5.80. The summed E-state index contributed by atoms with van der Waals surface area (Å²) in [5.41, 5.74) is 4.63. The number of carbonyl (C=O) groups excluding carboxylic acids is 2. The fourth-order valence-corrected chi connectivity index (χ4v) is 3.20. The largest absolute Gasteiger partial charge is 0.356 e.